The van der Waals surface area contributed by atoms with E-state index < -0.39 is 5.56 Å². The molecule has 0 bridgehead atoms. The van der Waals surface area contributed by atoms with Gasteiger partial charge < -0.3 is 9.84 Å². The zero-order chi connectivity index (χ0) is 22.7. The Labute approximate surface area is 196 Å². The maximum Gasteiger partial charge on any atom is 0.264 e. The molecule has 0 saturated heterocycles. The Kier molecular flexibility index (Phi) is 6.81. The summed E-state index contributed by atoms with van der Waals surface area (Å²) in [7, 11) is 1.64. The Hall–Kier alpha value is -2.84. The quantitative estimate of drug-likeness (QED) is 0.449. The van der Waals surface area contributed by atoms with Gasteiger partial charge in [-0.3, -0.25) is 19.3 Å². The second-order valence-electron chi connectivity index (χ2n) is 7.57. The van der Waals surface area contributed by atoms with Crippen LogP contribution in [0.3, 0.4) is 0 Å². The number of aromatic hydroxyl groups is 1. The maximum atomic E-state index is 12.9. The first-order chi connectivity index (χ1) is 15.5. The van der Waals surface area contributed by atoms with Crippen molar-refractivity contribution in [1.82, 2.24) is 9.55 Å². The van der Waals surface area contributed by atoms with Crippen molar-refractivity contribution in [2.75, 3.05) is 7.11 Å². The van der Waals surface area contributed by atoms with E-state index in [2.05, 4.69) is 11.9 Å². The SMILES string of the molecule is CCCCn1c(O)c(C2=Nc3ccccc3S[C@H](c3ccc(OC)cc3)C2)c(=O)[nH]c1=S. The zero-order valence-corrected chi connectivity index (χ0v) is 19.6. The fourth-order valence-electron chi connectivity index (χ4n) is 3.72. The van der Waals surface area contributed by atoms with Gasteiger partial charge in [-0.2, -0.15) is 0 Å². The van der Waals surface area contributed by atoms with E-state index in [0.717, 1.165) is 34.7 Å². The van der Waals surface area contributed by atoms with Crippen LogP contribution in [0.5, 0.6) is 11.6 Å². The van der Waals surface area contributed by atoms with Gasteiger partial charge in [0.05, 0.1) is 18.5 Å². The van der Waals surface area contributed by atoms with Crippen LogP contribution >= 0.6 is 24.0 Å². The van der Waals surface area contributed by atoms with Crippen LogP contribution in [0.1, 0.15) is 42.6 Å². The van der Waals surface area contributed by atoms with Gasteiger partial charge in [0.1, 0.15) is 11.3 Å². The molecular weight excluding hydrogens is 442 g/mol. The van der Waals surface area contributed by atoms with Gasteiger partial charge in [0.2, 0.25) is 5.88 Å². The minimum Gasteiger partial charge on any atom is -0.497 e. The van der Waals surface area contributed by atoms with Gasteiger partial charge in [-0.15, -0.1) is 11.8 Å². The van der Waals surface area contributed by atoms with Crippen LogP contribution < -0.4 is 10.3 Å². The first kappa shape index (κ1) is 22.4. The van der Waals surface area contributed by atoms with Crippen LogP contribution in [0.25, 0.3) is 0 Å². The molecule has 32 heavy (non-hydrogen) atoms. The minimum absolute atomic E-state index is 0.00868. The Bertz CT molecular complexity index is 1260. The molecule has 2 aromatic carbocycles. The van der Waals surface area contributed by atoms with Crippen molar-refractivity contribution in [3.05, 3.63) is 74.8 Å². The smallest absolute Gasteiger partial charge is 0.264 e. The lowest BCUT2D eigenvalue weighted by Gasteiger charge is -2.18. The van der Waals surface area contributed by atoms with Crippen molar-refractivity contribution in [1.29, 1.82) is 0 Å². The van der Waals surface area contributed by atoms with Gasteiger partial charge in [0.25, 0.3) is 5.56 Å². The van der Waals surface area contributed by atoms with E-state index in [1.54, 1.807) is 23.4 Å². The minimum atomic E-state index is -0.420. The molecule has 4 rings (SSSR count). The standard InChI is InChI=1S/C24H25N3O3S2/c1-3-4-13-27-23(29)21(22(28)26-24(27)31)18-14-20(15-9-11-16(30-2)12-10-15)32-19-8-6-5-7-17(19)25-18/h5-12,20,29H,3-4,13-14H2,1-2H3,(H,26,28,31)/t20-/m0/s1. The summed E-state index contributed by atoms with van der Waals surface area (Å²) < 4.78 is 7.10. The molecule has 0 unspecified atom stereocenters. The predicted molar refractivity (Wildman–Crippen MR) is 131 cm³/mol. The monoisotopic (exact) mass is 467 g/mol. The number of unbranched alkanes of at least 4 members (excludes halogenated alkanes) is 1. The third kappa shape index (κ3) is 4.52. The molecule has 0 amide bonds. The average molecular weight is 468 g/mol. The van der Waals surface area contributed by atoms with Gasteiger partial charge in [-0.1, -0.05) is 37.6 Å². The summed E-state index contributed by atoms with van der Waals surface area (Å²) in [4.78, 5) is 21.5. The lowest BCUT2D eigenvalue weighted by Crippen LogP contribution is -2.24. The van der Waals surface area contributed by atoms with Gasteiger partial charge in [0.15, 0.2) is 4.77 Å². The summed E-state index contributed by atoms with van der Waals surface area (Å²) in [6.45, 7) is 2.60. The molecule has 2 N–H and O–H groups in total. The molecule has 8 heteroatoms. The predicted octanol–water partition coefficient (Wildman–Crippen LogP) is 5.78. The van der Waals surface area contributed by atoms with Crippen molar-refractivity contribution in [2.45, 2.75) is 42.9 Å². The van der Waals surface area contributed by atoms with Crippen LogP contribution in [0.15, 0.2) is 63.2 Å². The molecule has 0 radical (unpaired) electrons. The number of thioether (sulfide) groups is 1. The first-order valence-electron chi connectivity index (χ1n) is 10.6. The molecule has 3 aromatic rings. The Morgan fingerprint density at radius 3 is 2.72 bits per heavy atom. The lowest BCUT2D eigenvalue weighted by molar-refractivity contribution is 0.398. The highest BCUT2D eigenvalue weighted by atomic mass is 32.2. The highest BCUT2D eigenvalue weighted by Crippen LogP contribution is 2.45. The van der Waals surface area contributed by atoms with Crippen LogP contribution in [0, 0.1) is 4.77 Å². The van der Waals surface area contributed by atoms with E-state index in [1.807, 2.05) is 48.5 Å². The number of benzene rings is 2. The molecule has 0 spiro atoms. The van der Waals surface area contributed by atoms with Crippen LogP contribution in [0.2, 0.25) is 0 Å². The third-order valence-electron chi connectivity index (χ3n) is 5.45. The molecular formula is C24H25N3O3S2. The van der Waals surface area contributed by atoms with E-state index in [-0.39, 0.29) is 21.5 Å². The van der Waals surface area contributed by atoms with E-state index >= 15 is 0 Å². The number of aromatic amines is 1. The highest BCUT2D eigenvalue weighted by molar-refractivity contribution is 7.99. The van der Waals surface area contributed by atoms with Crippen molar-refractivity contribution in [2.24, 2.45) is 4.99 Å². The summed E-state index contributed by atoms with van der Waals surface area (Å²) in [5.41, 5.74) is 2.18. The molecule has 1 aromatic heterocycles. The maximum absolute atomic E-state index is 12.9. The molecule has 1 atom stereocenters. The van der Waals surface area contributed by atoms with E-state index in [9.17, 15) is 9.90 Å². The fourth-order valence-corrected chi connectivity index (χ4v) is 5.22. The van der Waals surface area contributed by atoms with E-state index in [1.165, 1.54) is 0 Å². The Morgan fingerprint density at radius 2 is 2.00 bits per heavy atom. The number of nitrogens with zero attached hydrogens (tertiary/aromatic N) is 2. The number of rotatable bonds is 6. The number of para-hydroxylation sites is 1. The van der Waals surface area contributed by atoms with Crippen LogP contribution in [-0.2, 0) is 6.54 Å². The first-order valence-corrected chi connectivity index (χ1v) is 11.8. The van der Waals surface area contributed by atoms with Gasteiger partial charge in [-0.25, -0.2) is 0 Å². The highest BCUT2D eigenvalue weighted by Gasteiger charge is 2.26. The summed E-state index contributed by atoms with van der Waals surface area (Å²) in [6.07, 6.45) is 2.26. The Balaban J connectivity index is 1.84. The molecule has 1 aliphatic rings. The number of ether oxygens (including phenoxy) is 1. The summed E-state index contributed by atoms with van der Waals surface area (Å²) in [6, 6.07) is 15.8. The van der Waals surface area contributed by atoms with Crippen molar-refractivity contribution in [3.8, 4) is 11.6 Å². The number of methoxy groups -OCH3 is 1. The van der Waals surface area contributed by atoms with Gasteiger partial charge in [-0.05, 0) is 48.5 Å². The summed E-state index contributed by atoms with van der Waals surface area (Å²) in [5.74, 6) is 0.664. The van der Waals surface area contributed by atoms with Crippen molar-refractivity contribution in [3.63, 3.8) is 0 Å². The number of aliphatic imine (C=N–C) groups is 1. The molecule has 0 aliphatic carbocycles. The summed E-state index contributed by atoms with van der Waals surface area (Å²) >= 11 is 7.01. The lowest BCUT2D eigenvalue weighted by atomic mass is 10.0. The largest absolute Gasteiger partial charge is 0.497 e. The zero-order valence-electron chi connectivity index (χ0n) is 18.0. The second-order valence-corrected chi connectivity index (χ2v) is 9.20. The van der Waals surface area contributed by atoms with E-state index in [0.29, 0.717) is 18.7 Å². The third-order valence-corrected chi connectivity index (χ3v) is 7.10. The molecule has 0 saturated carbocycles. The molecule has 0 fully saturated rings. The van der Waals surface area contributed by atoms with E-state index in [4.69, 9.17) is 21.9 Å². The molecule has 166 valence electrons. The van der Waals surface area contributed by atoms with Gasteiger partial charge >= 0.3 is 0 Å². The Morgan fingerprint density at radius 1 is 1.25 bits per heavy atom. The van der Waals surface area contributed by atoms with Crippen LogP contribution in [0.4, 0.5) is 5.69 Å². The van der Waals surface area contributed by atoms with Crippen molar-refractivity contribution < 1.29 is 9.84 Å². The number of aromatic nitrogens is 2. The van der Waals surface area contributed by atoms with Crippen LogP contribution in [-0.4, -0.2) is 27.5 Å². The number of hydrogen-bond donors (Lipinski definition) is 2. The number of hydrogen-bond acceptors (Lipinski definition) is 6. The van der Waals surface area contributed by atoms with Gasteiger partial charge in [0, 0.05) is 23.1 Å². The molecule has 2 heterocycles. The van der Waals surface area contributed by atoms with Crippen molar-refractivity contribution >= 4 is 35.4 Å². The number of H-pyrrole nitrogens is 1. The summed E-state index contributed by atoms with van der Waals surface area (Å²) in [5, 5.41) is 11.1. The normalized spacial score (nSPS) is 15.6. The number of nitrogens with one attached hydrogen (secondary N) is 1. The molecule has 6 nitrogen and oxygen atoms in total. The average Bonchev–Trinajstić information content (AvgIpc) is 2.98. The molecule has 1 aliphatic heterocycles. The second kappa shape index (κ2) is 9.75. The topological polar surface area (TPSA) is 79.6 Å². The number of fused-ring (bicyclic) bond motifs is 1. The fraction of sp³-hybridized carbons (Fsp3) is 0.292.